The number of hydrogen-bond donors (Lipinski definition) is 3. The van der Waals surface area contributed by atoms with Gasteiger partial charge in [-0.15, -0.1) is 0 Å². The van der Waals surface area contributed by atoms with Crippen LogP contribution in [0.5, 0.6) is 11.5 Å². The summed E-state index contributed by atoms with van der Waals surface area (Å²) >= 11 is 0. The number of rotatable bonds is 6. The second-order valence-electron chi connectivity index (χ2n) is 3.71. The normalized spacial score (nSPS) is 9.79. The minimum atomic E-state index is -0.908. The fraction of sp³-hybridized carbons (Fsp3) is 0.333. The van der Waals surface area contributed by atoms with Gasteiger partial charge < -0.3 is 20.5 Å². The van der Waals surface area contributed by atoms with Crippen LogP contribution < -0.4 is 25.8 Å². The first-order valence-electron chi connectivity index (χ1n) is 5.60. The van der Waals surface area contributed by atoms with E-state index in [9.17, 15) is 9.59 Å². The van der Waals surface area contributed by atoms with Crippen molar-refractivity contribution in [3.8, 4) is 11.5 Å². The molecular weight excluding hydrogens is 250 g/mol. The van der Waals surface area contributed by atoms with E-state index >= 15 is 0 Å². The summed E-state index contributed by atoms with van der Waals surface area (Å²) < 4.78 is 10.4. The number of benzene rings is 1. The monoisotopic (exact) mass is 267 g/mol. The van der Waals surface area contributed by atoms with Gasteiger partial charge >= 0.3 is 6.03 Å². The molecule has 1 rings (SSSR count). The number of ether oxygens (including phenoxy) is 2. The van der Waals surface area contributed by atoms with Crippen LogP contribution in [0.4, 0.5) is 4.79 Å². The minimum absolute atomic E-state index is 0.299. The molecule has 1 aromatic carbocycles. The van der Waals surface area contributed by atoms with Gasteiger partial charge in [0, 0.05) is 18.2 Å². The quantitative estimate of drug-likeness (QED) is 0.672. The molecule has 0 saturated heterocycles. The average molecular weight is 267 g/mol. The number of carbonyl (C=O) groups is 2. The number of imide groups is 1. The summed E-state index contributed by atoms with van der Waals surface area (Å²) in [7, 11) is 3.34. The third kappa shape index (κ3) is 4.84. The third-order valence-electron chi connectivity index (χ3n) is 2.26. The Labute approximate surface area is 111 Å². The topological polar surface area (TPSA) is 103 Å². The number of urea groups is 1. The molecule has 0 aliphatic rings. The lowest BCUT2D eigenvalue weighted by atomic mass is 10.2. The van der Waals surface area contributed by atoms with Gasteiger partial charge in [-0.3, -0.25) is 10.1 Å². The van der Waals surface area contributed by atoms with Crippen LogP contribution in [-0.4, -0.2) is 32.7 Å². The molecule has 3 amide bonds. The Morgan fingerprint density at radius 2 is 2.11 bits per heavy atom. The Bertz CT molecular complexity index is 462. The van der Waals surface area contributed by atoms with Gasteiger partial charge in [-0.1, -0.05) is 6.07 Å². The summed E-state index contributed by atoms with van der Waals surface area (Å²) in [6, 6.07) is 4.39. The van der Waals surface area contributed by atoms with Crippen molar-refractivity contribution >= 4 is 11.9 Å². The van der Waals surface area contributed by atoms with Gasteiger partial charge in [0.05, 0.1) is 7.11 Å². The van der Waals surface area contributed by atoms with Gasteiger partial charge in [-0.2, -0.15) is 0 Å². The molecule has 0 unspecified atom stereocenters. The SMILES string of the molecule is CNCc1ccc(OC)cc1OCC(=O)NC(N)=O. The van der Waals surface area contributed by atoms with Crippen molar-refractivity contribution in [3.05, 3.63) is 23.8 Å². The zero-order valence-electron chi connectivity index (χ0n) is 10.9. The molecule has 0 bridgehead atoms. The fourth-order valence-electron chi connectivity index (χ4n) is 1.45. The van der Waals surface area contributed by atoms with Crippen molar-refractivity contribution in [1.29, 1.82) is 0 Å². The largest absolute Gasteiger partial charge is 0.497 e. The number of carbonyl (C=O) groups excluding carboxylic acids is 2. The maximum atomic E-state index is 11.3. The molecule has 104 valence electrons. The molecule has 0 radical (unpaired) electrons. The number of nitrogens with one attached hydrogen (secondary N) is 2. The first-order valence-corrected chi connectivity index (χ1v) is 5.60. The Balaban J connectivity index is 2.73. The molecule has 0 heterocycles. The molecule has 7 heteroatoms. The molecule has 19 heavy (non-hydrogen) atoms. The highest BCUT2D eigenvalue weighted by molar-refractivity contribution is 5.94. The Hall–Kier alpha value is -2.28. The summed E-state index contributed by atoms with van der Waals surface area (Å²) in [5.74, 6) is 0.518. The van der Waals surface area contributed by atoms with Gasteiger partial charge in [0.1, 0.15) is 11.5 Å². The van der Waals surface area contributed by atoms with E-state index in [2.05, 4.69) is 5.32 Å². The number of primary amides is 1. The summed E-state index contributed by atoms with van der Waals surface area (Å²) in [4.78, 5) is 21.8. The number of amides is 3. The molecular formula is C12H17N3O4. The lowest BCUT2D eigenvalue weighted by Gasteiger charge is -2.12. The molecule has 0 spiro atoms. The van der Waals surface area contributed by atoms with Crippen molar-refractivity contribution in [2.75, 3.05) is 20.8 Å². The Kier molecular flexibility index (Phi) is 5.62. The van der Waals surface area contributed by atoms with Crippen LogP contribution in [0.2, 0.25) is 0 Å². The van der Waals surface area contributed by atoms with E-state index in [1.807, 2.05) is 11.4 Å². The number of nitrogens with two attached hydrogens (primary N) is 1. The third-order valence-corrected chi connectivity index (χ3v) is 2.26. The molecule has 7 nitrogen and oxygen atoms in total. The molecule has 0 atom stereocenters. The fourth-order valence-corrected chi connectivity index (χ4v) is 1.45. The van der Waals surface area contributed by atoms with Crippen LogP contribution in [0.25, 0.3) is 0 Å². The first kappa shape index (κ1) is 14.8. The highest BCUT2D eigenvalue weighted by Crippen LogP contribution is 2.24. The molecule has 0 aliphatic carbocycles. The van der Waals surface area contributed by atoms with E-state index in [4.69, 9.17) is 15.2 Å². The lowest BCUT2D eigenvalue weighted by Crippen LogP contribution is -2.38. The smallest absolute Gasteiger partial charge is 0.318 e. The second kappa shape index (κ2) is 7.22. The van der Waals surface area contributed by atoms with E-state index < -0.39 is 11.9 Å². The summed E-state index contributed by atoms with van der Waals surface area (Å²) in [5.41, 5.74) is 5.70. The molecule has 4 N–H and O–H groups in total. The molecule has 0 saturated carbocycles. The summed E-state index contributed by atoms with van der Waals surface area (Å²) in [6.45, 7) is 0.281. The van der Waals surface area contributed by atoms with Gasteiger partial charge in [-0.05, 0) is 13.1 Å². The predicted molar refractivity (Wildman–Crippen MR) is 69.0 cm³/mol. The Morgan fingerprint density at radius 3 is 2.68 bits per heavy atom. The zero-order chi connectivity index (χ0) is 14.3. The standard InChI is InChI=1S/C12H17N3O4/c1-14-6-8-3-4-9(18-2)5-10(8)19-7-11(16)15-12(13)17/h3-5,14H,6-7H2,1-2H3,(H3,13,15,16,17). The lowest BCUT2D eigenvalue weighted by molar-refractivity contribution is -0.121. The van der Waals surface area contributed by atoms with E-state index in [0.717, 1.165) is 5.56 Å². The first-order chi connectivity index (χ1) is 9.06. The van der Waals surface area contributed by atoms with Crippen LogP contribution in [0, 0.1) is 0 Å². The van der Waals surface area contributed by atoms with Gasteiger partial charge in [0.25, 0.3) is 5.91 Å². The summed E-state index contributed by atoms with van der Waals surface area (Å²) in [6.07, 6.45) is 0. The number of methoxy groups -OCH3 is 1. The van der Waals surface area contributed by atoms with E-state index in [1.165, 1.54) is 7.11 Å². The van der Waals surface area contributed by atoms with Crippen LogP contribution in [0.1, 0.15) is 5.56 Å². The van der Waals surface area contributed by atoms with Crippen LogP contribution in [0.3, 0.4) is 0 Å². The molecule has 0 aliphatic heterocycles. The van der Waals surface area contributed by atoms with Crippen molar-refractivity contribution in [3.63, 3.8) is 0 Å². The number of hydrogen-bond acceptors (Lipinski definition) is 5. The van der Waals surface area contributed by atoms with Crippen LogP contribution in [-0.2, 0) is 11.3 Å². The van der Waals surface area contributed by atoms with E-state index in [1.54, 1.807) is 19.2 Å². The second-order valence-corrected chi connectivity index (χ2v) is 3.71. The maximum absolute atomic E-state index is 11.3. The van der Waals surface area contributed by atoms with Gasteiger partial charge in [0.2, 0.25) is 0 Å². The van der Waals surface area contributed by atoms with Crippen molar-refractivity contribution in [1.82, 2.24) is 10.6 Å². The Morgan fingerprint density at radius 1 is 1.37 bits per heavy atom. The van der Waals surface area contributed by atoms with Crippen molar-refractivity contribution in [2.45, 2.75) is 6.54 Å². The van der Waals surface area contributed by atoms with Gasteiger partial charge in [-0.25, -0.2) is 4.79 Å². The maximum Gasteiger partial charge on any atom is 0.318 e. The molecule has 0 aromatic heterocycles. The predicted octanol–water partition coefficient (Wildman–Crippen LogP) is -0.0117. The van der Waals surface area contributed by atoms with E-state index in [0.29, 0.717) is 18.0 Å². The highest BCUT2D eigenvalue weighted by Gasteiger charge is 2.09. The zero-order valence-corrected chi connectivity index (χ0v) is 10.9. The van der Waals surface area contributed by atoms with Crippen molar-refractivity contribution < 1.29 is 19.1 Å². The molecule has 1 aromatic rings. The van der Waals surface area contributed by atoms with Crippen LogP contribution in [0.15, 0.2) is 18.2 Å². The van der Waals surface area contributed by atoms with Gasteiger partial charge in [0.15, 0.2) is 6.61 Å². The minimum Gasteiger partial charge on any atom is -0.497 e. The highest BCUT2D eigenvalue weighted by atomic mass is 16.5. The molecule has 0 fully saturated rings. The van der Waals surface area contributed by atoms with E-state index in [-0.39, 0.29) is 6.61 Å². The average Bonchev–Trinajstić information content (AvgIpc) is 2.37. The van der Waals surface area contributed by atoms with Crippen LogP contribution >= 0.6 is 0 Å². The van der Waals surface area contributed by atoms with Crippen molar-refractivity contribution in [2.24, 2.45) is 5.73 Å². The summed E-state index contributed by atoms with van der Waals surface area (Å²) in [5, 5.41) is 4.91.